The van der Waals surface area contributed by atoms with Gasteiger partial charge in [0.25, 0.3) is 10.0 Å². The van der Waals surface area contributed by atoms with Gasteiger partial charge in [0.2, 0.25) is 0 Å². The van der Waals surface area contributed by atoms with E-state index in [1.807, 2.05) is 18.2 Å². The van der Waals surface area contributed by atoms with Gasteiger partial charge in [-0.05, 0) is 61.2 Å². The van der Waals surface area contributed by atoms with Crippen LogP contribution in [0.4, 0.5) is 18.9 Å². The molecule has 0 saturated carbocycles. The van der Waals surface area contributed by atoms with Crippen LogP contribution in [0.15, 0.2) is 66.1 Å². The summed E-state index contributed by atoms with van der Waals surface area (Å²) in [5.41, 5.74) is 1.58. The lowest BCUT2D eigenvalue weighted by Crippen LogP contribution is -2.20. The van der Waals surface area contributed by atoms with E-state index in [-0.39, 0.29) is 10.5 Å². The average molecular weight is 439 g/mol. The number of sulfonamides is 1. The Balaban J connectivity index is 1.67. The second-order valence-electron chi connectivity index (χ2n) is 7.59. The topological polar surface area (TPSA) is 49.4 Å². The summed E-state index contributed by atoms with van der Waals surface area (Å²) in [4.78, 5) is 2.23. The van der Waals surface area contributed by atoms with Gasteiger partial charge in [-0.2, -0.15) is 13.2 Å². The molecule has 0 spiro atoms. The van der Waals surface area contributed by atoms with Crippen molar-refractivity contribution in [1.29, 1.82) is 0 Å². The van der Waals surface area contributed by atoms with E-state index in [1.54, 1.807) is 12.1 Å². The van der Waals surface area contributed by atoms with Crippen LogP contribution in [0.1, 0.15) is 36.3 Å². The summed E-state index contributed by atoms with van der Waals surface area (Å²) in [5.74, 6) is -1.26. The Morgan fingerprint density at radius 2 is 1.80 bits per heavy atom. The SMILES string of the molecule is C=CCN1CCC(c2ccc(NS(=O)(=O)c3ccc(C(C)C(F)(F)F)cc3)cc2)C1. The molecule has 0 amide bonds. The highest BCUT2D eigenvalue weighted by atomic mass is 32.2. The van der Waals surface area contributed by atoms with E-state index < -0.39 is 22.1 Å². The third kappa shape index (κ3) is 5.23. The van der Waals surface area contributed by atoms with E-state index in [0.29, 0.717) is 11.6 Å². The smallest absolute Gasteiger partial charge is 0.299 e. The molecular weight excluding hydrogens is 413 g/mol. The lowest BCUT2D eigenvalue weighted by atomic mass is 9.98. The molecule has 1 N–H and O–H groups in total. The van der Waals surface area contributed by atoms with Crippen LogP contribution in [-0.2, 0) is 10.0 Å². The molecule has 1 aliphatic heterocycles. The molecule has 1 heterocycles. The first-order chi connectivity index (χ1) is 14.1. The average Bonchev–Trinajstić information content (AvgIpc) is 3.16. The molecule has 2 aromatic rings. The number of nitrogens with one attached hydrogen (secondary N) is 1. The predicted octanol–water partition coefficient (Wildman–Crippen LogP) is 5.13. The highest BCUT2D eigenvalue weighted by Gasteiger charge is 2.37. The molecule has 0 radical (unpaired) electrons. The van der Waals surface area contributed by atoms with Gasteiger partial charge in [-0.1, -0.05) is 30.3 Å². The number of rotatable bonds is 7. The zero-order valence-corrected chi connectivity index (χ0v) is 17.5. The molecule has 1 aliphatic rings. The van der Waals surface area contributed by atoms with E-state index in [4.69, 9.17) is 0 Å². The molecule has 2 aromatic carbocycles. The van der Waals surface area contributed by atoms with Crippen molar-refractivity contribution in [1.82, 2.24) is 4.90 Å². The van der Waals surface area contributed by atoms with Gasteiger partial charge in [0.1, 0.15) is 0 Å². The van der Waals surface area contributed by atoms with E-state index in [0.717, 1.165) is 38.5 Å². The number of halogens is 3. The molecule has 0 bridgehead atoms. The summed E-state index contributed by atoms with van der Waals surface area (Å²) in [5, 5.41) is 0. The lowest BCUT2D eigenvalue weighted by molar-refractivity contribution is -0.146. The van der Waals surface area contributed by atoms with Crippen molar-refractivity contribution in [3.63, 3.8) is 0 Å². The van der Waals surface area contributed by atoms with Crippen molar-refractivity contribution in [2.24, 2.45) is 0 Å². The molecule has 30 heavy (non-hydrogen) atoms. The maximum atomic E-state index is 12.8. The fourth-order valence-corrected chi connectivity index (χ4v) is 4.67. The number of likely N-dealkylation sites (tertiary alicyclic amines) is 1. The Morgan fingerprint density at radius 1 is 1.17 bits per heavy atom. The summed E-state index contributed by atoms with van der Waals surface area (Å²) in [6.07, 6.45) is -1.44. The minimum Gasteiger partial charge on any atom is -0.299 e. The van der Waals surface area contributed by atoms with E-state index in [9.17, 15) is 21.6 Å². The van der Waals surface area contributed by atoms with Crippen molar-refractivity contribution >= 4 is 15.7 Å². The van der Waals surface area contributed by atoms with Gasteiger partial charge in [-0.25, -0.2) is 8.42 Å². The summed E-state index contributed by atoms with van der Waals surface area (Å²) in [6, 6.07) is 12.0. The zero-order valence-electron chi connectivity index (χ0n) is 16.7. The molecular formula is C22H25F3N2O2S. The van der Waals surface area contributed by atoms with Crippen LogP contribution in [0.3, 0.4) is 0 Å². The van der Waals surface area contributed by atoms with Crippen molar-refractivity contribution in [3.8, 4) is 0 Å². The monoisotopic (exact) mass is 438 g/mol. The van der Waals surface area contributed by atoms with Gasteiger partial charge >= 0.3 is 6.18 Å². The molecule has 3 rings (SSSR count). The largest absolute Gasteiger partial charge is 0.395 e. The zero-order chi connectivity index (χ0) is 21.9. The molecule has 0 aliphatic carbocycles. The Morgan fingerprint density at radius 3 is 2.37 bits per heavy atom. The van der Waals surface area contributed by atoms with Gasteiger partial charge in [0, 0.05) is 18.8 Å². The van der Waals surface area contributed by atoms with E-state index >= 15 is 0 Å². The number of hydrogen-bond acceptors (Lipinski definition) is 3. The number of benzene rings is 2. The van der Waals surface area contributed by atoms with Crippen LogP contribution in [-0.4, -0.2) is 39.1 Å². The van der Waals surface area contributed by atoms with E-state index in [1.165, 1.54) is 24.3 Å². The molecule has 2 atom stereocenters. The molecule has 2 unspecified atom stereocenters. The number of alkyl halides is 3. The third-order valence-electron chi connectivity index (χ3n) is 5.48. The number of hydrogen-bond donors (Lipinski definition) is 1. The van der Waals surface area contributed by atoms with Crippen LogP contribution >= 0.6 is 0 Å². The minimum absolute atomic E-state index is 0.0212. The van der Waals surface area contributed by atoms with Crippen molar-refractivity contribution in [3.05, 3.63) is 72.3 Å². The van der Waals surface area contributed by atoms with Gasteiger partial charge in [0.15, 0.2) is 0 Å². The van der Waals surface area contributed by atoms with Gasteiger partial charge in [0.05, 0.1) is 10.8 Å². The predicted molar refractivity (Wildman–Crippen MR) is 112 cm³/mol. The maximum absolute atomic E-state index is 12.8. The lowest BCUT2D eigenvalue weighted by Gasteiger charge is -2.16. The van der Waals surface area contributed by atoms with E-state index in [2.05, 4.69) is 16.2 Å². The third-order valence-corrected chi connectivity index (χ3v) is 6.87. The Labute approximate surface area is 175 Å². The Hall–Kier alpha value is -2.32. The van der Waals surface area contributed by atoms with Crippen LogP contribution in [0.2, 0.25) is 0 Å². The molecule has 1 saturated heterocycles. The van der Waals surface area contributed by atoms with Crippen molar-refractivity contribution in [2.45, 2.75) is 36.3 Å². The summed E-state index contributed by atoms with van der Waals surface area (Å²) in [6.45, 7) is 7.61. The fraction of sp³-hybridized carbons (Fsp3) is 0.364. The molecule has 0 aromatic heterocycles. The number of nitrogens with zero attached hydrogens (tertiary/aromatic N) is 1. The van der Waals surface area contributed by atoms with Crippen LogP contribution in [0.25, 0.3) is 0 Å². The first-order valence-electron chi connectivity index (χ1n) is 9.73. The van der Waals surface area contributed by atoms with Gasteiger partial charge in [-0.3, -0.25) is 9.62 Å². The fourth-order valence-electron chi connectivity index (χ4n) is 3.62. The second-order valence-corrected chi connectivity index (χ2v) is 9.28. The Bertz CT molecular complexity index is 971. The summed E-state index contributed by atoms with van der Waals surface area (Å²) in [7, 11) is -3.89. The minimum atomic E-state index is -4.37. The van der Waals surface area contributed by atoms with Gasteiger partial charge in [-0.15, -0.1) is 6.58 Å². The molecule has 1 fully saturated rings. The van der Waals surface area contributed by atoms with Gasteiger partial charge < -0.3 is 0 Å². The van der Waals surface area contributed by atoms with Crippen LogP contribution in [0, 0.1) is 0 Å². The first-order valence-corrected chi connectivity index (χ1v) is 11.2. The normalized spacial score (nSPS) is 18.9. The molecule has 4 nitrogen and oxygen atoms in total. The first kappa shape index (κ1) is 22.4. The molecule has 8 heteroatoms. The van der Waals surface area contributed by atoms with Crippen molar-refractivity contribution in [2.75, 3.05) is 24.4 Å². The van der Waals surface area contributed by atoms with Crippen LogP contribution < -0.4 is 4.72 Å². The standard InChI is InChI=1S/C22H25F3N2O2S/c1-3-13-27-14-12-19(15-27)18-4-8-20(9-5-18)26-30(28,29)21-10-6-17(7-11-21)16(2)22(23,24)25/h3-11,16,19,26H,1,12-15H2,2H3. The second kappa shape index (κ2) is 8.81. The van der Waals surface area contributed by atoms with Crippen molar-refractivity contribution < 1.29 is 21.6 Å². The maximum Gasteiger partial charge on any atom is 0.395 e. The summed E-state index contributed by atoms with van der Waals surface area (Å²) >= 11 is 0. The van der Waals surface area contributed by atoms with Crippen LogP contribution in [0.5, 0.6) is 0 Å². The molecule has 162 valence electrons. The highest BCUT2D eigenvalue weighted by molar-refractivity contribution is 7.92. The summed E-state index contributed by atoms with van der Waals surface area (Å²) < 4.78 is 66.1. The number of anilines is 1. The quantitative estimate of drug-likeness (QED) is 0.610. The Kier molecular flexibility index (Phi) is 6.57. The highest BCUT2D eigenvalue weighted by Crippen LogP contribution is 2.34.